The van der Waals surface area contributed by atoms with Gasteiger partial charge in [0.1, 0.15) is 0 Å². The lowest BCUT2D eigenvalue weighted by molar-refractivity contribution is 0.559. The molecule has 1 fully saturated rings. The SMILES string of the molecule is NCC/C=C\C1CCCCS1(=O)=O. The molecule has 76 valence electrons. The first-order chi connectivity index (χ1) is 6.17. The lowest BCUT2D eigenvalue weighted by Gasteiger charge is -2.18. The molecular weight excluding hydrogens is 186 g/mol. The topological polar surface area (TPSA) is 60.2 Å². The van der Waals surface area contributed by atoms with Crippen LogP contribution < -0.4 is 5.73 Å². The highest BCUT2D eigenvalue weighted by Gasteiger charge is 2.25. The van der Waals surface area contributed by atoms with Crippen molar-refractivity contribution in [2.45, 2.75) is 30.9 Å². The van der Waals surface area contributed by atoms with E-state index in [0.29, 0.717) is 12.3 Å². The van der Waals surface area contributed by atoms with Crippen molar-refractivity contribution in [3.63, 3.8) is 0 Å². The van der Waals surface area contributed by atoms with Gasteiger partial charge in [0.25, 0.3) is 0 Å². The van der Waals surface area contributed by atoms with E-state index in [-0.39, 0.29) is 5.25 Å². The van der Waals surface area contributed by atoms with Crippen LogP contribution in [0.2, 0.25) is 0 Å². The van der Waals surface area contributed by atoms with E-state index >= 15 is 0 Å². The average molecular weight is 203 g/mol. The molecule has 0 aromatic heterocycles. The molecule has 0 amide bonds. The first-order valence-electron chi connectivity index (χ1n) is 4.75. The van der Waals surface area contributed by atoms with Gasteiger partial charge in [-0.3, -0.25) is 0 Å². The van der Waals surface area contributed by atoms with Gasteiger partial charge in [-0.1, -0.05) is 18.6 Å². The summed E-state index contributed by atoms with van der Waals surface area (Å²) < 4.78 is 23.0. The molecule has 0 saturated carbocycles. The molecule has 3 nitrogen and oxygen atoms in total. The van der Waals surface area contributed by atoms with Crippen LogP contribution in [-0.4, -0.2) is 26.0 Å². The van der Waals surface area contributed by atoms with E-state index in [4.69, 9.17) is 5.73 Å². The third-order valence-corrected chi connectivity index (χ3v) is 4.49. The van der Waals surface area contributed by atoms with E-state index in [1.54, 1.807) is 6.08 Å². The third kappa shape index (κ3) is 3.12. The van der Waals surface area contributed by atoms with Crippen molar-refractivity contribution in [2.24, 2.45) is 5.73 Å². The molecule has 0 radical (unpaired) electrons. The summed E-state index contributed by atoms with van der Waals surface area (Å²) in [6.45, 7) is 0.587. The van der Waals surface area contributed by atoms with E-state index in [9.17, 15) is 8.42 Å². The lowest BCUT2D eigenvalue weighted by atomic mass is 10.2. The number of hydrogen-bond acceptors (Lipinski definition) is 3. The summed E-state index contributed by atoms with van der Waals surface area (Å²) in [5.41, 5.74) is 5.31. The maximum atomic E-state index is 11.5. The van der Waals surface area contributed by atoms with Crippen molar-refractivity contribution in [3.05, 3.63) is 12.2 Å². The molecule has 0 aliphatic carbocycles. The molecule has 1 aliphatic heterocycles. The van der Waals surface area contributed by atoms with Gasteiger partial charge in [0.05, 0.1) is 11.0 Å². The molecule has 1 unspecified atom stereocenters. The van der Waals surface area contributed by atoms with Gasteiger partial charge in [-0.2, -0.15) is 0 Å². The van der Waals surface area contributed by atoms with Crippen molar-refractivity contribution in [1.82, 2.24) is 0 Å². The zero-order valence-corrected chi connectivity index (χ0v) is 8.59. The fourth-order valence-corrected chi connectivity index (χ4v) is 3.33. The van der Waals surface area contributed by atoms with E-state index in [1.807, 2.05) is 6.08 Å². The molecule has 1 saturated heterocycles. The monoisotopic (exact) mass is 203 g/mol. The van der Waals surface area contributed by atoms with E-state index in [2.05, 4.69) is 0 Å². The fraction of sp³-hybridized carbons (Fsp3) is 0.778. The molecule has 1 rings (SSSR count). The highest BCUT2D eigenvalue weighted by atomic mass is 32.2. The van der Waals surface area contributed by atoms with E-state index in [0.717, 1.165) is 25.7 Å². The van der Waals surface area contributed by atoms with Crippen LogP contribution in [0.3, 0.4) is 0 Å². The normalized spacial score (nSPS) is 27.9. The van der Waals surface area contributed by atoms with Crippen molar-refractivity contribution >= 4 is 9.84 Å². The van der Waals surface area contributed by atoms with Crippen molar-refractivity contribution in [2.75, 3.05) is 12.3 Å². The molecule has 1 atom stereocenters. The second kappa shape index (κ2) is 4.77. The van der Waals surface area contributed by atoms with Crippen LogP contribution in [0.4, 0.5) is 0 Å². The molecular formula is C9H17NO2S. The molecule has 4 heteroatoms. The lowest BCUT2D eigenvalue weighted by Crippen LogP contribution is -2.26. The maximum absolute atomic E-state index is 11.5. The van der Waals surface area contributed by atoms with E-state index in [1.165, 1.54) is 0 Å². The zero-order valence-electron chi connectivity index (χ0n) is 7.78. The smallest absolute Gasteiger partial charge is 0.156 e. The quantitative estimate of drug-likeness (QED) is 0.692. The Morgan fingerprint density at radius 1 is 1.38 bits per heavy atom. The number of nitrogens with two attached hydrogens (primary N) is 1. The molecule has 2 N–H and O–H groups in total. The van der Waals surface area contributed by atoms with Gasteiger partial charge in [0.15, 0.2) is 9.84 Å². The highest BCUT2D eigenvalue weighted by Crippen LogP contribution is 2.20. The molecule has 0 bridgehead atoms. The second-order valence-electron chi connectivity index (χ2n) is 3.41. The fourth-order valence-electron chi connectivity index (χ4n) is 1.54. The van der Waals surface area contributed by atoms with Crippen LogP contribution in [0.25, 0.3) is 0 Å². The van der Waals surface area contributed by atoms with E-state index < -0.39 is 9.84 Å². The minimum Gasteiger partial charge on any atom is -0.330 e. The highest BCUT2D eigenvalue weighted by molar-refractivity contribution is 7.92. The third-order valence-electron chi connectivity index (χ3n) is 2.31. The predicted octanol–water partition coefficient (Wildman–Crippen LogP) is 0.859. The van der Waals surface area contributed by atoms with Crippen molar-refractivity contribution in [3.8, 4) is 0 Å². The summed E-state index contributed by atoms with van der Waals surface area (Å²) in [5, 5.41) is -0.243. The standard InChI is InChI=1S/C9H17NO2S/c10-7-3-1-5-9-6-2-4-8-13(9,11)12/h1,5,9H,2-4,6-8,10H2/b5-1-. The van der Waals surface area contributed by atoms with Crippen molar-refractivity contribution in [1.29, 1.82) is 0 Å². The number of sulfone groups is 1. The van der Waals surface area contributed by atoms with Gasteiger partial charge in [-0.15, -0.1) is 0 Å². The average Bonchev–Trinajstić information content (AvgIpc) is 2.08. The summed E-state index contributed by atoms with van der Waals surface area (Å²) in [7, 11) is -2.83. The molecule has 0 spiro atoms. The van der Waals surface area contributed by atoms with Crippen LogP contribution in [0.1, 0.15) is 25.7 Å². The number of rotatable bonds is 3. The Balaban J connectivity index is 2.56. The van der Waals surface area contributed by atoms with Gasteiger partial charge in [0, 0.05) is 0 Å². The zero-order chi connectivity index (χ0) is 9.73. The van der Waals surface area contributed by atoms with Crippen LogP contribution in [0.15, 0.2) is 12.2 Å². The molecule has 0 aromatic carbocycles. The summed E-state index contributed by atoms with van der Waals surface area (Å²) in [4.78, 5) is 0. The minimum atomic E-state index is -2.83. The summed E-state index contributed by atoms with van der Waals surface area (Å²) in [6, 6.07) is 0. The molecule has 0 aromatic rings. The first-order valence-corrected chi connectivity index (χ1v) is 6.46. The number of hydrogen-bond donors (Lipinski definition) is 1. The van der Waals surface area contributed by atoms with Crippen LogP contribution in [0, 0.1) is 0 Å². The summed E-state index contributed by atoms with van der Waals surface area (Å²) >= 11 is 0. The van der Waals surface area contributed by atoms with Gasteiger partial charge in [0.2, 0.25) is 0 Å². The van der Waals surface area contributed by atoms with Crippen LogP contribution in [-0.2, 0) is 9.84 Å². The van der Waals surface area contributed by atoms with Gasteiger partial charge in [-0.05, 0) is 25.8 Å². The Labute approximate surface area is 79.9 Å². The Bertz CT molecular complexity index is 269. The molecule has 1 aliphatic rings. The molecule has 1 heterocycles. The predicted molar refractivity (Wildman–Crippen MR) is 54.2 cm³/mol. The Morgan fingerprint density at radius 2 is 2.15 bits per heavy atom. The Hall–Kier alpha value is -0.350. The van der Waals surface area contributed by atoms with Gasteiger partial charge in [-0.25, -0.2) is 8.42 Å². The van der Waals surface area contributed by atoms with Crippen LogP contribution >= 0.6 is 0 Å². The van der Waals surface area contributed by atoms with Gasteiger partial charge < -0.3 is 5.73 Å². The minimum absolute atomic E-state index is 0.243. The maximum Gasteiger partial charge on any atom is 0.156 e. The summed E-state index contributed by atoms with van der Waals surface area (Å²) in [5.74, 6) is 0.352. The first kappa shape index (κ1) is 10.7. The van der Waals surface area contributed by atoms with Crippen molar-refractivity contribution < 1.29 is 8.42 Å². The van der Waals surface area contributed by atoms with Gasteiger partial charge >= 0.3 is 0 Å². The molecule has 13 heavy (non-hydrogen) atoms. The summed E-state index contributed by atoms with van der Waals surface area (Å²) in [6.07, 6.45) is 7.09. The Morgan fingerprint density at radius 3 is 2.77 bits per heavy atom. The second-order valence-corrected chi connectivity index (χ2v) is 5.75. The van der Waals surface area contributed by atoms with Crippen LogP contribution in [0.5, 0.6) is 0 Å². The largest absolute Gasteiger partial charge is 0.330 e. The Kier molecular flexibility index (Phi) is 3.93.